The maximum absolute atomic E-state index is 13.2. The van der Waals surface area contributed by atoms with Gasteiger partial charge in [-0.25, -0.2) is 28.8 Å². The molecule has 0 atom stereocenters. The Balaban J connectivity index is 1.75. The molecule has 17 heteroatoms. The topological polar surface area (TPSA) is 215 Å². The molecule has 0 radical (unpaired) electrons. The Kier molecular flexibility index (Phi) is 17.4. The molecule has 0 unspecified atom stereocenters. The SMILES string of the molecule is C=CC(=O)OCCCCOC(=O)Oc1ccc(C(=O)Oc2ccc(-c3c(C(=O)O)cc(OC)c(OC(=O)OCCCCOC(=O)C=C)c3OC)c(C)c2)cc1OC. The molecule has 0 spiro atoms. The van der Waals surface area contributed by atoms with Gasteiger partial charge < -0.3 is 52.5 Å². The van der Waals surface area contributed by atoms with Crippen LogP contribution in [0, 0.1) is 6.92 Å². The van der Waals surface area contributed by atoms with Gasteiger partial charge in [0.1, 0.15) is 5.75 Å². The minimum absolute atomic E-state index is 0.00213. The number of carbonyl (C=O) groups is 6. The molecule has 0 bridgehead atoms. The van der Waals surface area contributed by atoms with E-state index in [1.54, 1.807) is 6.92 Å². The van der Waals surface area contributed by atoms with E-state index < -0.39 is 36.2 Å². The lowest BCUT2D eigenvalue weighted by Crippen LogP contribution is -2.14. The first-order chi connectivity index (χ1) is 27.4. The molecule has 0 heterocycles. The number of carboxylic acid groups (broad SMARTS) is 1. The van der Waals surface area contributed by atoms with Crippen molar-refractivity contribution in [2.24, 2.45) is 0 Å². The summed E-state index contributed by atoms with van der Waals surface area (Å²) in [6, 6.07) is 9.53. The molecule has 0 saturated carbocycles. The van der Waals surface area contributed by atoms with E-state index in [9.17, 15) is 33.9 Å². The van der Waals surface area contributed by atoms with Crippen LogP contribution in [-0.2, 0) is 28.5 Å². The van der Waals surface area contributed by atoms with Crippen LogP contribution in [0.15, 0.2) is 67.8 Å². The molecule has 0 amide bonds. The minimum Gasteiger partial charge on any atom is -0.493 e. The van der Waals surface area contributed by atoms with Crippen molar-refractivity contribution in [2.45, 2.75) is 32.6 Å². The summed E-state index contributed by atoms with van der Waals surface area (Å²) in [4.78, 5) is 72.7. The molecule has 57 heavy (non-hydrogen) atoms. The van der Waals surface area contributed by atoms with Gasteiger partial charge in [0.05, 0.1) is 58.9 Å². The largest absolute Gasteiger partial charge is 0.514 e. The Morgan fingerprint density at radius 1 is 0.614 bits per heavy atom. The van der Waals surface area contributed by atoms with Crippen molar-refractivity contribution in [1.82, 2.24) is 0 Å². The number of methoxy groups -OCH3 is 3. The maximum Gasteiger partial charge on any atom is 0.514 e. The molecule has 0 aliphatic heterocycles. The molecule has 3 rings (SSSR count). The summed E-state index contributed by atoms with van der Waals surface area (Å²) in [6.07, 6.45) is 1.54. The smallest absolute Gasteiger partial charge is 0.493 e. The predicted molar refractivity (Wildman–Crippen MR) is 199 cm³/mol. The molecule has 0 aliphatic rings. The van der Waals surface area contributed by atoms with Crippen molar-refractivity contribution in [1.29, 1.82) is 0 Å². The van der Waals surface area contributed by atoms with Gasteiger partial charge in [0.2, 0.25) is 5.75 Å². The molecule has 17 nitrogen and oxygen atoms in total. The highest BCUT2D eigenvalue weighted by atomic mass is 16.7. The van der Waals surface area contributed by atoms with E-state index in [2.05, 4.69) is 13.2 Å². The summed E-state index contributed by atoms with van der Waals surface area (Å²) < 4.78 is 52.3. The van der Waals surface area contributed by atoms with Crippen molar-refractivity contribution in [3.63, 3.8) is 0 Å². The zero-order valence-corrected chi connectivity index (χ0v) is 31.7. The average molecular weight is 795 g/mol. The van der Waals surface area contributed by atoms with Gasteiger partial charge in [-0.05, 0) is 80.1 Å². The standard InChI is InChI=1S/C40H42O17/c1-7-32(41)51-17-9-11-19-53-39(46)56-29-16-13-25(22-30(29)48-4)38(45)55-26-14-15-27(24(3)21-26)34-28(37(43)44)23-31(49-5)35(36(34)50-6)57-40(47)54-20-12-10-18-52-33(42)8-2/h7-8,13-16,21-23H,1-2,9-12,17-20H2,3-6H3,(H,43,44). The molecular formula is C40H42O17. The lowest BCUT2D eigenvalue weighted by Gasteiger charge is -2.20. The van der Waals surface area contributed by atoms with Crippen LogP contribution in [0.2, 0.25) is 0 Å². The normalized spacial score (nSPS) is 10.2. The number of aromatic carboxylic acids is 1. The first-order valence-electron chi connectivity index (χ1n) is 17.2. The summed E-state index contributed by atoms with van der Waals surface area (Å²) in [6.45, 7) is 8.41. The second kappa shape index (κ2) is 22.4. The molecule has 0 fully saturated rings. The predicted octanol–water partition coefficient (Wildman–Crippen LogP) is 6.65. The van der Waals surface area contributed by atoms with E-state index in [0.717, 1.165) is 18.2 Å². The van der Waals surface area contributed by atoms with E-state index in [1.165, 1.54) is 57.7 Å². The highest BCUT2D eigenvalue weighted by Gasteiger charge is 2.29. The molecule has 304 valence electrons. The van der Waals surface area contributed by atoms with Crippen LogP contribution in [-0.4, -0.2) is 89.1 Å². The number of unbranched alkanes of at least 4 members (excludes halogenated alkanes) is 2. The summed E-state index contributed by atoms with van der Waals surface area (Å²) >= 11 is 0. The molecule has 3 aromatic carbocycles. The summed E-state index contributed by atoms with van der Waals surface area (Å²) in [5.74, 6) is -3.71. The first-order valence-corrected chi connectivity index (χ1v) is 17.2. The number of carbonyl (C=O) groups excluding carboxylic acids is 5. The Morgan fingerprint density at radius 2 is 1.18 bits per heavy atom. The van der Waals surface area contributed by atoms with Crippen LogP contribution < -0.4 is 28.4 Å². The van der Waals surface area contributed by atoms with Gasteiger partial charge in [0.25, 0.3) is 0 Å². The van der Waals surface area contributed by atoms with Gasteiger partial charge in [-0.15, -0.1) is 0 Å². The Labute approximate surface area is 327 Å². The Bertz CT molecular complexity index is 1970. The third kappa shape index (κ3) is 13.0. The number of ether oxygens (including phenoxy) is 10. The molecule has 0 aliphatic carbocycles. The zero-order chi connectivity index (χ0) is 41.9. The number of hydrogen-bond acceptors (Lipinski definition) is 16. The van der Waals surface area contributed by atoms with E-state index in [4.69, 9.17) is 47.4 Å². The molecule has 3 aromatic rings. The number of benzene rings is 3. The summed E-state index contributed by atoms with van der Waals surface area (Å²) in [5, 5.41) is 10.2. The molecular weight excluding hydrogens is 752 g/mol. The van der Waals surface area contributed by atoms with Crippen LogP contribution in [0.25, 0.3) is 11.1 Å². The number of carboxylic acids is 1. The second-order valence-corrected chi connectivity index (χ2v) is 11.5. The minimum atomic E-state index is -1.35. The molecule has 0 aromatic heterocycles. The zero-order valence-electron chi connectivity index (χ0n) is 31.7. The van der Waals surface area contributed by atoms with E-state index in [-0.39, 0.29) is 77.6 Å². The van der Waals surface area contributed by atoms with Gasteiger partial charge in [0, 0.05) is 17.7 Å². The molecule has 0 saturated heterocycles. The van der Waals surface area contributed by atoms with Gasteiger partial charge in [0.15, 0.2) is 23.0 Å². The van der Waals surface area contributed by atoms with Crippen LogP contribution >= 0.6 is 0 Å². The number of aryl methyl sites for hydroxylation is 1. The number of rotatable bonds is 21. The fourth-order valence-electron chi connectivity index (χ4n) is 4.94. The highest BCUT2D eigenvalue weighted by Crippen LogP contribution is 2.48. The van der Waals surface area contributed by atoms with Crippen LogP contribution in [0.3, 0.4) is 0 Å². The van der Waals surface area contributed by atoms with Crippen LogP contribution in [0.4, 0.5) is 9.59 Å². The van der Waals surface area contributed by atoms with E-state index >= 15 is 0 Å². The van der Waals surface area contributed by atoms with Crippen LogP contribution in [0.1, 0.15) is 52.0 Å². The van der Waals surface area contributed by atoms with Gasteiger partial charge >= 0.3 is 36.2 Å². The lowest BCUT2D eigenvalue weighted by atomic mass is 9.94. The van der Waals surface area contributed by atoms with Gasteiger partial charge in [-0.2, -0.15) is 0 Å². The van der Waals surface area contributed by atoms with Crippen molar-refractivity contribution < 1.29 is 81.2 Å². The van der Waals surface area contributed by atoms with E-state index in [0.29, 0.717) is 36.8 Å². The second-order valence-electron chi connectivity index (χ2n) is 11.5. The van der Waals surface area contributed by atoms with Crippen molar-refractivity contribution in [2.75, 3.05) is 47.8 Å². The average Bonchev–Trinajstić information content (AvgIpc) is 3.19. The maximum atomic E-state index is 13.2. The van der Waals surface area contributed by atoms with E-state index in [1.807, 2.05) is 0 Å². The molecule has 1 N–H and O–H groups in total. The first kappa shape index (κ1) is 44.4. The van der Waals surface area contributed by atoms with Crippen molar-refractivity contribution >= 4 is 36.2 Å². The third-order valence-corrected chi connectivity index (χ3v) is 7.65. The Hall–Kier alpha value is -7.04. The number of hydrogen-bond donors (Lipinski definition) is 1. The summed E-state index contributed by atoms with van der Waals surface area (Å²) in [5.41, 5.74) is 0.579. The van der Waals surface area contributed by atoms with Gasteiger partial charge in [-0.3, -0.25) is 0 Å². The number of esters is 3. The van der Waals surface area contributed by atoms with Crippen molar-refractivity contribution in [3.8, 4) is 45.6 Å². The summed E-state index contributed by atoms with van der Waals surface area (Å²) in [7, 11) is 3.81. The quantitative estimate of drug-likeness (QED) is 0.0298. The lowest BCUT2D eigenvalue weighted by molar-refractivity contribution is -0.138. The monoisotopic (exact) mass is 794 g/mol. The Morgan fingerprint density at radius 3 is 1.68 bits per heavy atom. The van der Waals surface area contributed by atoms with Crippen molar-refractivity contribution in [3.05, 3.63) is 84.5 Å². The fourth-order valence-corrected chi connectivity index (χ4v) is 4.94. The third-order valence-electron chi connectivity index (χ3n) is 7.65. The van der Waals surface area contributed by atoms with Crippen LogP contribution in [0.5, 0.6) is 34.5 Å². The highest BCUT2D eigenvalue weighted by molar-refractivity contribution is 6.01. The fraction of sp³-hybridized carbons (Fsp3) is 0.300. The van der Waals surface area contributed by atoms with Gasteiger partial charge in [-0.1, -0.05) is 19.2 Å².